The molecule has 0 aromatic heterocycles. The highest BCUT2D eigenvalue weighted by molar-refractivity contribution is 5.98. The molecule has 1 aromatic carbocycles. The molecule has 0 bridgehead atoms. The van der Waals surface area contributed by atoms with Crippen LogP contribution in [0.15, 0.2) is 18.7 Å². The van der Waals surface area contributed by atoms with Crippen molar-refractivity contribution in [3.8, 4) is 11.5 Å². The minimum Gasteiger partial charge on any atom is -0.493 e. The minimum atomic E-state index is -0.365. The molecule has 41 heavy (non-hydrogen) atoms. The lowest BCUT2D eigenvalue weighted by atomic mass is 10.0. The molecule has 0 radical (unpaired) electrons. The van der Waals surface area contributed by atoms with Crippen LogP contribution in [0.5, 0.6) is 11.5 Å². The number of ether oxygens (including phenoxy) is 3. The van der Waals surface area contributed by atoms with E-state index in [1.165, 1.54) is 0 Å². The van der Waals surface area contributed by atoms with Crippen LogP contribution in [0.4, 0.5) is 0 Å². The van der Waals surface area contributed by atoms with Gasteiger partial charge in [-0.3, -0.25) is 9.59 Å². The molecule has 2 atom stereocenters. The maximum absolute atomic E-state index is 14.1. The van der Waals surface area contributed by atoms with E-state index in [1.54, 1.807) is 0 Å². The summed E-state index contributed by atoms with van der Waals surface area (Å²) in [5.41, 5.74) is 2.24. The Morgan fingerprint density at radius 3 is 2.20 bits per heavy atom. The second-order valence-electron chi connectivity index (χ2n) is 12.3. The topological polar surface area (TPSA) is 77.1 Å². The van der Waals surface area contributed by atoms with Crippen LogP contribution in [0.2, 0.25) is 0 Å². The first-order valence-electron chi connectivity index (χ1n) is 16.1. The van der Waals surface area contributed by atoms with Gasteiger partial charge >= 0.3 is 5.97 Å². The van der Waals surface area contributed by atoms with Gasteiger partial charge in [-0.05, 0) is 82.3 Å². The number of carbonyl (C=O) groups is 2. The summed E-state index contributed by atoms with van der Waals surface area (Å²) in [6.07, 6.45) is 10.7. The van der Waals surface area contributed by atoms with Gasteiger partial charge in [-0.2, -0.15) is 0 Å². The highest BCUT2D eigenvalue weighted by atomic mass is 16.5. The summed E-state index contributed by atoms with van der Waals surface area (Å²) in [4.78, 5) is 29.1. The highest BCUT2D eigenvalue weighted by Crippen LogP contribution is 2.35. The van der Waals surface area contributed by atoms with Crippen LogP contribution >= 0.6 is 0 Å². The normalized spacial score (nSPS) is 18.1. The third-order valence-electron chi connectivity index (χ3n) is 8.10. The third-order valence-corrected chi connectivity index (χ3v) is 8.10. The van der Waals surface area contributed by atoms with Gasteiger partial charge in [-0.15, -0.1) is 0 Å². The molecule has 0 spiro atoms. The molecule has 1 heterocycles. The highest BCUT2D eigenvalue weighted by Gasteiger charge is 2.33. The van der Waals surface area contributed by atoms with E-state index in [0.29, 0.717) is 55.7 Å². The largest absolute Gasteiger partial charge is 0.493 e. The standard InChI is InChI=1S/C34H54N2O5/c1-7-9-18-39-31-22-32(40-19-10-8-2)29(21-28(31)25(5)6)33(37)36-17-13-14-26(36)23-35-30(20-24(3)4)34(38)41-27-15-11-12-16-27/h21-22,24,26-27,30,35H,5,7-20,23H2,1-4,6H3/t26-,30+/m1/s1. The van der Waals surface area contributed by atoms with Crippen LogP contribution in [-0.2, 0) is 9.53 Å². The average molecular weight is 571 g/mol. The Balaban J connectivity index is 1.79. The van der Waals surface area contributed by atoms with Crippen LogP contribution in [-0.4, -0.2) is 61.3 Å². The number of unbranched alkanes of at least 4 members (excludes halogenated alkanes) is 2. The molecule has 7 nitrogen and oxygen atoms in total. The number of hydrogen-bond donors (Lipinski definition) is 1. The Kier molecular flexibility index (Phi) is 13.5. The van der Waals surface area contributed by atoms with Gasteiger partial charge < -0.3 is 24.4 Å². The van der Waals surface area contributed by atoms with Crippen molar-refractivity contribution in [1.29, 1.82) is 0 Å². The predicted octanol–water partition coefficient (Wildman–Crippen LogP) is 7.17. The summed E-state index contributed by atoms with van der Waals surface area (Å²) in [7, 11) is 0. The second kappa shape index (κ2) is 16.8. The quantitative estimate of drug-likeness (QED) is 0.158. The van der Waals surface area contributed by atoms with Crippen molar-refractivity contribution < 1.29 is 23.8 Å². The van der Waals surface area contributed by atoms with Crippen molar-refractivity contribution in [2.45, 2.75) is 123 Å². The lowest BCUT2D eigenvalue weighted by Crippen LogP contribution is -2.48. The molecule has 1 saturated carbocycles. The fourth-order valence-corrected chi connectivity index (χ4v) is 5.69. The molecule has 1 aliphatic carbocycles. The first-order chi connectivity index (χ1) is 19.7. The molecule has 1 N–H and O–H groups in total. The predicted molar refractivity (Wildman–Crippen MR) is 166 cm³/mol. The summed E-state index contributed by atoms with van der Waals surface area (Å²) >= 11 is 0. The van der Waals surface area contributed by atoms with E-state index < -0.39 is 0 Å². The van der Waals surface area contributed by atoms with Gasteiger partial charge in [0.05, 0.1) is 18.8 Å². The number of allylic oxidation sites excluding steroid dienone is 1. The molecule has 1 aromatic rings. The lowest BCUT2D eigenvalue weighted by Gasteiger charge is -2.29. The Labute approximate surface area is 248 Å². The van der Waals surface area contributed by atoms with Gasteiger partial charge in [0.25, 0.3) is 5.91 Å². The summed E-state index contributed by atoms with van der Waals surface area (Å²) < 4.78 is 18.2. The number of amides is 1. The molecular weight excluding hydrogens is 516 g/mol. The van der Waals surface area contributed by atoms with Crippen molar-refractivity contribution in [2.75, 3.05) is 26.3 Å². The Morgan fingerprint density at radius 2 is 1.61 bits per heavy atom. The van der Waals surface area contributed by atoms with Gasteiger partial charge in [-0.1, -0.05) is 47.1 Å². The van der Waals surface area contributed by atoms with Gasteiger partial charge in [0, 0.05) is 30.8 Å². The minimum absolute atomic E-state index is 0.00584. The van der Waals surface area contributed by atoms with Crippen LogP contribution in [0.25, 0.3) is 5.57 Å². The molecule has 2 fully saturated rings. The van der Waals surface area contributed by atoms with Crippen LogP contribution in [0.3, 0.4) is 0 Å². The van der Waals surface area contributed by atoms with E-state index in [2.05, 4.69) is 39.6 Å². The van der Waals surface area contributed by atoms with Crippen LogP contribution in [0.1, 0.15) is 121 Å². The van der Waals surface area contributed by atoms with E-state index in [4.69, 9.17) is 14.2 Å². The third kappa shape index (κ3) is 9.76. The second-order valence-corrected chi connectivity index (χ2v) is 12.3. The molecule has 7 heteroatoms. The SMILES string of the molecule is C=C(C)c1cc(C(=O)N2CCC[C@@H]2CN[C@@H](CC(C)C)C(=O)OC2CCCC2)c(OCCCC)cc1OCCCC. The van der Waals surface area contributed by atoms with Gasteiger partial charge in [0.2, 0.25) is 0 Å². The van der Waals surface area contributed by atoms with Gasteiger partial charge in [0.1, 0.15) is 23.6 Å². The number of esters is 1. The van der Waals surface area contributed by atoms with Crippen molar-refractivity contribution in [3.63, 3.8) is 0 Å². The molecule has 1 amide bonds. The van der Waals surface area contributed by atoms with E-state index in [-0.39, 0.29) is 30.1 Å². The van der Waals surface area contributed by atoms with E-state index in [1.807, 2.05) is 24.0 Å². The number of carbonyl (C=O) groups excluding carboxylic acids is 2. The molecule has 0 unspecified atom stereocenters. The van der Waals surface area contributed by atoms with Crippen LogP contribution < -0.4 is 14.8 Å². The molecule has 1 aliphatic heterocycles. The van der Waals surface area contributed by atoms with Gasteiger partial charge in [-0.25, -0.2) is 0 Å². The Morgan fingerprint density at radius 1 is 0.976 bits per heavy atom. The zero-order valence-corrected chi connectivity index (χ0v) is 26.3. The maximum Gasteiger partial charge on any atom is 0.323 e. The number of hydrogen-bond acceptors (Lipinski definition) is 6. The number of likely N-dealkylation sites (tertiary alicyclic amines) is 1. The summed E-state index contributed by atoms with van der Waals surface area (Å²) in [5, 5.41) is 3.49. The zero-order chi connectivity index (χ0) is 29.8. The van der Waals surface area contributed by atoms with E-state index >= 15 is 0 Å². The fraction of sp³-hybridized carbons (Fsp3) is 0.706. The molecule has 2 aliphatic rings. The van der Waals surface area contributed by atoms with Crippen molar-refractivity contribution in [2.24, 2.45) is 5.92 Å². The summed E-state index contributed by atoms with van der Waals surface area (Å²) in [6, 6.07) is 3.41. The lowest BCUT2D eigenvalue weighted by molar-refractivity contribution is -0.151. The number of rotatable bonds is 17. The summed E-state index contributed by atoms with van der Waals surface area (Å²) in [6.45, 7) is 17.0. The smallest absolute Gasteiger partial charge is 0.323 e. The Hall–Kier alpha value is -2.54. The van der Waals surface area contributed by atoms with Crippen molar-refractivity contribution in [3.05, 3.63) is 29.8 Å². The fourth-order valence-electron chi connectivity index (χ4n) is 5.69. The first kappa shape index (κ1) is 33.0. The number of nitrogens with zero attached hydrogens (tertiary/aromatic N) is 1. The number of benzene rings is 1. The molecule has 1 saturated heterocycles. The molecule has 3 rings (SSSR count). The van der Waals surface area contributed by atoms with E-state index in [9.17, 15) is 9.59 Å². The first-order valence-corrected chi connectivity index (χ1v) is 16.1. The maximum atomic E-state index is 14.1. The monoisotopic (exact) mass is 570 g/mol. The number of nitrogens with one attached hydrogen (secondary N) is 1. The molecular formula is C34H54N2O5. The van der Waals surface area contributed by atoms with Crippen molar-refractivity contribution >= 4 is 17.4 Å². The zero-order valence-electron chi connectivity index (χ0n) is 26.3. The van der Waals surface area contributed by atoms with Crippen LogP contribution in [0, 0.1) is 5.92 Å². The molecule has 230 valence electrons. The Bertz CT molecular complexity index is 1000. The van der Waals surface area contributed by atoms with Gasteiger partial charge in [0.15, 0.2) is 0 Å². The van der Waals surface area contributed by atoms with Crippen molar-refractivity contribution in [1.82, 2.24) is 10.2 Å². The summed E-state index contributed by atoms with van der Waals surface area (Å²) in [5.74, 6) is 1.43. The average Bonchev–Trinajstić information content (AvgIpc) is 3.63. The van der Waals surface area contributed by atoms with E-state index in [0.717, 1.165) is 75.3 Å².